The number of methoxy groups -OCH3 is 1. The van der Waals surface area contributed by atoms with Crippen molar-refractivity contribution in [1.82, 2.24) is 9.71 Å². The number of carbonyl (C=O) groups excluding carboxylic acids is 3. The lowest BCUT2D eigenvalue weighted by Gasteiger charge is -2.13. The fraction of sp³-hybridized carbons (Fsp3) is 0.316. The number of hydrogen-bond acceptors (Lipinski definition) is 7. The lowest BCUT2D eigenvalue weighted by Crippen LogP contribution is -2.25. The fourth-order valence-electron chi connectivity index (χ4n) is 2.80. The van der Waals surface area contributed by atoms with Crippen LogP contribution in [-0.2, 0) is 19.5 Å². The lowest BCUT2D eigenvalue weighted by molar-refractivity contribution is 0.0316. The van der Waals surface area contributed by atoms with Gasteiger partial charge in [0.25, 0.3) is 0 Å². The molecule has 2 rings (SSSR count). The van der Waals surface area contributed by atoms with Crippen molar-refractivity contribution < 1.29 is 32.3 Å². The number of H-pyrrole nitrogens is 1. The van der Waals surface area contributed by atoms with E-state index in [1.807, 2.05) is 0 Å². The van der Waals surface area contributed by atoms with Crippen LogP contribution in [0.25, 0.3) is 0 Å². The minimum Gasteiger partial charge on any atom is -0.465 e. The highest BCUT2D eigenvalue weighted by atomic mass is 32.2. The molecule has 2 N–H and O–H groups in total. The smallest absolute Gasteiger partial charge is 0.339 e. The van der Waals surface area contributed by atoms with Gasteiger partial charge in [0, 0.05) is 5.69 Å². The van der Waals surface area contributed by atoms with Gasteiger partial charge in [0.1, 0.15) is 0 Å². The molecule has 2 aromatic rings. The number of sulfonamides is 1. The normalized spacial score (nSPS) is 12.3. The lowest BCUT2D eigenvalue weighted by atomic mass is 10.1. The summed E-state index contributed by atoms with van der Waals surface area (Å²) in [4.78, 5) is 39.7. The van der Waals surface area contributed by atoms with Gasteiger partial charge in [0.2, 0.25) is 15.8 Å². The van der Waals surface area contributed by atoms with Gasteiger partial charge in [-0.3, -0.25) is 4.79 Å². The fourth-order valence-corrected chi connectivity index (χ4v) is 3.57. The van der Waals surface area contributed by atoms with Gasteiger partial charge in [-0.25, -0.2) is 22.7 Å². The Labute approximate surface area is 168 Å². The van der Waals surface area contributed by atoms with E-state index in [-0.39, 0.29) is 21.7 Å². The number of esters is 2. The number of carbonyl (C=O) groups is 3. The molecule has 0 spiro atoms. The molecule has 10 heteroatoms. The van der Waals surface area contributed by atoms with Crippen LogP contribution in [-0.4, -0.2) is 51.4 Å². The Kier molecular flexibility index (Phi) is 6.60. The van der Waals surface area contributed by atoms with Gasteiger partial charge in [0.05, 0.1) is 28.8 Å². The molecule has 1 atom stereocenters. The molecule has 29 heavy (non-hydrogen) atoms. The van der Waals surface area contributed by atoms with E-state index in [1.54, 1.807) is 13.8 Å². The average molecular weight is 422 g/mol. The van der Waals surface area contributed by atoms with E-state index >= 15 is 0 Å². The first-order valence-electron chi connectivity index (χ1n) is 8.59. The standard InChI is InChI=1S/C19H22N2O7S/c1-10-15(19(24)27-5)11(2)21-16(10)17(22)12(3)28-18(23)13-7-6-8-14(9-13)29(25,26)20-4/h6-9,12,20-21H,1-5H3. The molecule has 1 heterocycles. The second-order valence-corrected chi connectivity index (χ2v) is 8.15. The van der Waals surface area contributed by atoms with E-state index in [0.29, 0.717) is 11.3 Å². The Hall–Kier alpha value is -2.98. The number of aromatic amines is 1. The van der Waals surface area contributed by atoms with Gasteiger partial charge in [-0.2, -0.15) is 0 Å². The van der Waals surface area contributed by atoms with Crippen LogP contribution in [0.4, 0.5) is 0 Å². The first-order chi connectivity index (χ1) is 13.5. The molecular formula is C19H22N2O7S. The highest BCUT2D eigenvalue weighted by Crippen LogP contribution is 2.21. The minimum atomic E-state index is -3.73. The summed E-state index contributed by atoms with van der Waals surface area (Å²) in [5.74, 6) is -1.97. The Bertz CT molecular complexity index is 1070. The van der Waals surface area contributed by atoms with Crippen molar-refractivity contribution in [3.8, 4) is 0 Å². The third-order valence-corrected chi connectivity index (χ3v) is 5.79. The van der Waals surface area contributed by atoms with Gasteiger partial charge in [-0.15, -0.1) is 0 Å². The first kappa shape index (κ1) is 22.3. The van der Waals surface area contributed by atoms with E-state index in [9.17, 15) is 22.8 Å². The van der Waals surface area contributed by atoms with Crippen molar-refractivity contribution in [3.63, 3.8) is 0 Å². The second-order valence-electron chi connectivity index (χ2n) is 6.26. The summed E-state index contributed by atoms with van der Waals surface area (Å²) in [6.07, 6.45) is -1.17. The van der Waals surface area contributed by atoms with E-state index in [2.05, 4.69) is 9.71 Å². The molecule has 0 bridgehead atoms. The number of aromatic nitrogens is 1. The summed E-state index contributed by atoms with van der Waals surface area (Å²) in [5, 5.41) is 0. The van der Waals surface area contributed by atoms with Gasteiger partial charge in [-0.1, -0.05) is 6.07 Å². The third kappa shape index (κ3) is 4.54. The average Bonchev–Trinajstić information content (AvgIpc) is 3.00. The quantitative estimate of drug-likeness (QED) is 0.513. The van der Waals surface area contributed by atoms with Gasteiger partial charge >= 0.3 is 11.9 Å². The molecule has 0 saturated heterocycles. The molecular weight excluding hydrogens is 400 g/mol. The van der Waals surface area contributed by atoms with E-state index < -0.39 is 33.8 Å². The maximum Gasteiger partial charge on any atom is 0.339 e. The van der Waals surface area contributed by atoms with Gasteiger partial charge in [0.15, 0.2) is 6.10 Å². The topological polar surface area (TPSA) is 132 Å². The summed E-state index contributed by atoms with van der Waals surface area (Å²) in [6, 6.07) is 5.27. The summed E-state index contributed by atoms with van der Waals surface area (Å²) in [6.45, 7) is 4.60. The predicted octanol–water partition coefficient (Wildman–Crippen LogP) is 1.75. The third-order valence-electron chi connectivity index (χ3n) is 4.38. The molecule has 0 fully saturated rings. The van der Waals surface area contributed by atoms with Crippen molar-refractivity contribution in [2.45, 2.75) is 31.8 Å². The number of ether oxygens (including phenoxy) is 2. The van der Waals surface area contributed by atoms with E-state index in [0.717, 1.165) is 6.07 Å². The molecule has 0 radical (unpaired) electrons. The SMILES string of the molecule is CNS(=O)(=O)c1cccc(C(=O)OC(C)C(=O)c2[nH]c(C)c(C(=O)OC)c2C)c1. The molecule has 9 nitrogen and oxygen atoms in total. The van der Waals surface area contributed by atoms with Crippen LogP contribution >= 0.6 is 0 Å². The van der Waals surface area contributed by atoms with E-state index in [4.69, 9.17) is 9.47 Å². The van der Waals surface area contributed by atoms with Crippen LogP contribution in [0.15, 0.2) is 29.2 Å². The summed E-state index contributed by atoms with van der Waals surface area (Å²) >= 11 is 0. The number of hydrogen-bond donors (Lipinski definition) is 2. The highest BCUT2D eigenvalue weighted by Gasteiger charge is 2.28. The number of rotatable bonds is 7. The van der Waals surface area contributed by atoms with Crippen LogP contribution in [0, 0.1) is 13.8 Å². The maximum absolute atomic E-state index is 12.7. The zero-order valence-corrected chi connectivity index (χ0v) is 17.5. The van der Waals surface area contributed by atoms with Crippen LogP contribution in [0.3, 0.4) is 0 Å². The number of nitrogens with one attached hydrogen (secondary N) is 2. The Morgan fingerprint density at radius 1 is 1.14 bits per heavy atom. The highest BCUT2D eigenvalue weighted by molar-refractivity contribution is 7.89. The second kappa shape index (κ2) is 8.58. The predicted molar refractivity (Wildman–Crippen MR) is 104 cm³/mol. The Morgan fingerprint density at radius 2 is 1.79 bits per heavy atom. The molecule has 0 aliphatic rings. The maximum atomic E-state index is 12.7. The van der Waals surface area contributed by atoms with Crippen molar-refractivity contribution in [2.24, 2.45) is 0 Å². The van der Waals surface area contributed by atoms with Crippen molar-refractivity contribution >= 4 is 27.7 Å². The molecule has 1 aromatic carbocycles. The zero-order valence-electron chi connectivity index (χ0n) is 16.7. The minimum absolute atomic E-state index is 0.0180. The molecule has 0 amide bonds. The number of benzene rings is 1. The number of aryl methyl sites for hydroxylation is 1. The molecule has 156 valence electrons. The molecule has 0 aliphatic carbocycles. The van der Waals surface area contributed by atoms with Crippen LogP contribution in [0.5, 0.6) is 0 Å². The number of ketones is 1. The first-order valence-corrected chi connectivity index (χ1v) is 10.1. The van der Waals surface area contributed by atoms with Crippen molar-refractivity contribution in [2.75, 3.05) is 14.2 Å². The van der Waals surface area contributed by atoms with Crippen LogP contribution < -0.4 is 4.72 Å². The largest absolute Gasteiger partial charge is 0.465 e. The molecule has 1 unspecified atom stereocenters. The molecule has 1 aromatic heterocycles. The Balaban J connectivity index is 2.24. The molecule has 0 saturated carbocycles. The zero-order chi connectivity index (χ0) is 21.9. The molecule has 0 aliphatic heterocycles. The van der Waals surface area contributed by atoms with Crippen molar-refractivity contribution in [1.29, 1.82) is 0 Å². The van der Waals surface area contributed by atoms with Gasteiger partial charge in [-0.05, 0) is 51.6 Å². The van der Waals surface area contributed by atoms with E-state index in [1.165, 1.54) is 39.3 Å². The van der Waals surface area contributed by atoms with Crippen LogP contribution in [0.2, 0.25) is 0 Å². The number of Topliss-reactive ketones (excluding diaryl/α,β-unsaturated/α-hetero) is 1. The van der Waals surface area contributed by atoms with Crippen molar-refractivity contribution in [3.05, 3.63) is 52.3 Å². The monoisotopic (exact) mass is 422 g/mol. The summed E-state index contributed by atoms with van der Waals surface area (Å²) < 4.78 is 35.8. The van der Waals surface area contributed by atoms with Crippen LogP contribution in [0.1, 0.15) is 49.4 Å². The Morgan fingerprint density at radius 3 is 2.38 bits per heavy atom. The summed E-state index contributed by atoms with van der Waals surface area (Å²) in [7, 11) is -1.24. The summed E-state index contributed by atoms with van der Waals surface area (Å²) in [5.41, 5.74) is 1.22. The van der Waals surface area contributed by atoms with Gasteiger partial charge < -0.3 is 14.5 Å².